The molecule has 1 aromatic carbocycles. The van der Waals surface area contributed by atoms with Gasteiger partial charge in [-0.25, -0.2) is 32.2 Å². The Labute approximate surface area is 165 Å². The molecule has 3 aromatic heterocycles. The molecule has 4 rings (SSSR count). The number of nitrogens with zero attached hydrogens (tertiary/aromatic N) is 5. The van der Waals surface area contributed by atoms with Crippen molar-refractivity contribution in [2.45, 2.75) is 19.0 Å². The molecule has 0 bridgehead atoms. The van der Waals surface area contributed by atoms with Gasteiger partial charge in [0.2, 0.25) is 15.0 Å². The van der Waals surface area contributed by atoms with Crippen LogP contribution in [0.5, 0.6) is 0 Å². The fourth-order valence-electron chi connectivity index (χ4n) is 3.11. The molecule has 0 unspecified atom stereocenters. The van der Waals surface area contributed by atoms with E-state index in [1.165, 1.54) is 18.3 Å². The Morgan fingerprint density at radius 2 is 1.79 bits per heavy atom. The SMILES string of the molecule is Cc1cn2c(-c3ccnc(S(C)(=O)=O)n3)c(-c3ccc(F)cc3F)nc2c(C)n1. The average Bonchev–Trinajstić information content (AvgIpc) is 3.00. The number of aryl methyl sites for hydroxylation is 2. The lowest BCUT2D eigenvalue weighted by atomic mass is 10.1. The summed E-state index contributed by atoms with van der Waals surface area (Å²) in [5.74, 6) is -1.51. The molecule has 0 aliphatic carbocycles. The van der Waals surface area contributed by atoms with Crippen molar-refractivity contribution in [3.8, 4) is 22.6 Å². The summed E-state index contributed by atoms with van der Waals surface area (Å²) in [4.78, 5) is 16.8. The first-order chi connectivity index (χ1) is 13.6. The Bertz CT molecular complexity index is 1380. The number of imidazole rings is 1. The second-order valence-electron chi connectivity index (χ2n) is 6.59. The fourth-order valence-corrected chi connectivity index (χ4v) is 3.63. The first-order valence-electron chi connectivity index (χ1n) is 8.50. The van der Waals surface area contributed by atoms with E-state index in [1.807, 2.05) is 0 Å². The zero-order chi connectivity index (χ0) is 20.9. The van der Waals surface area contributed by atoms with Crippen molar-refractivity contribution >= 4 is 15.5 Å². The third kappa shape index (κ3) is 3.35. The number of fused-ring (bicyclic) bond motifs is 1. The van der Waals surface area contributed by atoms with Crippen molar-refractivity contribution in [2.24, 2.45) is 0 Å². The zero-order valence-corrected chi connectivity index (χ0v) is 16.5. The molecule has 10 heteroatoms. The maximum absolute atomic E-state index is 14.6. The highest BCUT2D eigenvalue weighted by Crippen LogP contribution is 2.34. The molecule has 0 aliphatic rings. The van der Waals surface area contributed by atoms with Crippen LogP contribution in [0.25, 0.3) is 28.3 Å². The third-order valence-corrected chi connectivity index (χ3v) is 5.15. The maximum atomic E-state index is 14.6. The number of hydrogen-bond acceptors (Lipinski definition) is 6. The summed E-state index contributed by atoms with van der Waals surface area (Å²) in [6, 6.07) is 4.68. The van der Waals surface area contributed by atoms with E-state index in [2.05, 4.69) is 19.9 Å². The molecule has 0 N–H and O–H groups in total. The van der Waals surface area contributed by atoms with Gasteiger partial charge in [-0.2, -0.15) is 0 Å². The summed E-state index contributed by atoms with van der Waals surface area (Å²) >= 11 is 0. The smallest absolute Gasteiger partial charge is 0.247 e. The van der Waals surface area contributed by atoms with E-state index in [4.69, 9.17) is 0 Å². The molecule has 7 nitrogen and oxygen atoms in total. The minimum absolute atomic E-state index is 0.0571. The molecule has 0 saturated carbocycles. The number of sulfone groups is 1. The van der Waals surface area contributed by atoms with Gasteiger partial charge in [0, 0.05) is 30.3 Å². The average molecular weight is 415 g/mol. The highest BCUT2D eigenvalue weighted by molar-refractivity contribution is 7.90. The van der Waals surface area contributed by atoms with Crippen LogP contribution in [0.4, 0.5) is 8.78 Å². The van der Waals surface area contributed by atoms with Crippen LogP contribution in [0, 0.1) is 25.5 Å². The van der Waals surface area contributed by atoms with Gasteiger partial charge in [0.1, 0.15) is 17.3 Å². The standard InChI is InChI=1S/C19H15F2N5O2S/c1-10-9-26-17(15-6-7-22-19(24-15)29(3,27)28)16(25-18(26)11(2)23-10)13-5-4-12(20)8-14(13)21/h4-9H,1-3H3. The summed E-state index contributed by atoms with van der Waals surface area (Å²) < 4.78 is 53.5. The molecular formula is C19H15F2N5O2S. The first kappa shape index (κ1) is 19.1. The molecule has 0 amide bonds. The van der Waals surface area contributed by atoms with Gasteiger partial charge in [-0.05, 0) is 32.0 Å². The van der Waals surface area contributed by atoms with Gasteiger partial charge in [-0.1, -0.05) is 0 Å². The molecule has 148 valence electrons. The summed E-state index contributed by atoms with van der Waals surface area (Å²) in [7, 11) is -3.67. The van der Waals surface area contributed by atoms with Crippen LogP contribution < -0.4 is 0 Å². The van der Waals surface area contributed by atoms with E-state index >= 15 is 0 Å². The second-order valence-corrected chi connectivity index (χ2v) is 8.50. The van der Waals surface area contributed by atoms with Gasteiger partial charge < -0.3 is 0 Å². The van der Waals surface area contributed by atoms with Crippen molar-refractivity contribution in [1.29, 1.82) is 0 Å². The monoisotopic (exact) mass is 415 g/mol. The molecule has 0 spiro atoms. The predicted octanol–water partition coefficient (Wildman–Crippen LogP) is 3.15. The molecular weight excluding hydrogens is 400 g/mol. The van der Waals surface area contributed by atoms with Crippen LogP contribution >= 0.6 is 0 Å². The van der Waals surface area contributed by atoms with Crippen LogP contribution in [0.3, 0.4) is 0 Å². The van der Waals surface area contributed by atoms with Crippen LogP contribution in [-0.4, -0.2) is 39.0 Å². The highest BCUT2D eigenvalue weighted by atomic mass is 32.2. The van der Waals surface area contributed by atoms with E-state index in [9.17, 15) is 17.2 Å². The summed E-state index contributed by atoms with van der Waals surface area (Å²) in [5, 5.41) is -0.363. The van der Waals surface area contributed by atoms with E-state index in [-0.39, 0.29) is 22.1 Å². The number of halogens is 2. The molecule has 3 heterocycles. The zero-order valence-electron chi connectivity index (χ0n) is 15.7. The number of hydrogen-bond donors (Lipinski definition) is 0. The topological polar surface area (TPSA) is 90.1 Å². The Morgan fingerprint density at radius 1 is 1.03 bits per heavy atom. The summed E-state index contributed by atoms with van der Waals surface area (Å²) in [6.45, 7) is 3.54. The van der Waals surface area contributed by atoms with E-state index in [0.717, 1.165) is 18.4 Å². The Hall–Kier alpha value is -3.27. The van der Waals surface area contributed by atoms with Gasteiger partial charge in [0.25, 0.3) is 0 Å². The van der Waals surface area contributed by atoms with E-state index in [0.29, 0.717) is 22.7 Å². The predicted molar refractivity (Wildman–Crippen MR) is 102 cm³/mol. The van der Waals surface area contributed by atoms with Gasteiger partial charge in [0.15, 0.2) is 5.65 Å². The molecule has 0 radical (unpaired) electrons. The summed E-state index contributed by atoms with van der Waals surface area (Å²) in [5.41, 5.74) is 2.55. The quantitative estimate of drug-likeness (QED) is 0.478. The maximum Gasteiger partial charge on any atom is 0.247 e. The van der Waals surface area contributed by atoms with Crippen LogP contribution in [0.15, 0.2) is 41.8 Å². The van der Waals surface area contributed by atoms with E-state index in [1.54, 1.807) is 24.4 Å². The van der Waals surface area contributed by atoms with Crippen molar-refractivity contribution in [1.82, 2.24) is 24.3 Å². The third-order valence-electron chi connectivity index (χ3n) is 4.29. The molecule has 4 aromatic rings. The Balaban J connectivity index is 2.12. The van der Waals surface area contributed by atoms with Crippen LogP contribution in [0.2, 0.25) is 0 Å². The molecule has 29 heavy (non-hydrogen) atoms. The first-order valence-corrected chi connectivity index (χ1v) is 10.4. The summed E-state index contributed by atoms with van der Waals surface area (Å²) in [6.07, 6.45) is 4.00. The number of benzene rings is 1. The van der Waals surface area contributed by atoms with Gasteiger partial charge in [0.05, 0.1) is 22.8 Å². The fraction of sp³-hybridized carbons (Fsp3) is 0.158. The van der Waals surface area contributed by atoms with Crippen LogP contribution in [-0.2, 0) is 9.84 Å². The van der Waals surface area contributed by atoms with Crippen molar-refractivity contribution < 1.29 is 17.2 Å². The molecule has 0 saturated heterocycles. The van der Waals surface area contributed by atoms with Crippen molar-refractivity contribution in [2.75, 3.05) is 6.26 Å². The lowest BCUT2D eigenvalue weighted by Gasteiger charge is -2.08. The molecule has 0 atom stereocenters. The Kier molecular flexibility index (Phi) is 4.38. The Morgan fingerprint density at radius 3 is 2.48 bits per heavy atom. The lowest BCUT2D eigenvalue weighted by Crippen LogP contribution is -2.05. The number of aromatic nitrogens is 5. The minimum Gasteiger partial charge on any atom is -0.294 e. The van der Waals surface area contributed by atoms with Gasteiger partial charge in [-0.3, -0.25) is 9.38 Å². The van der Waals surface area contributed by atoms with E-state index < -0.39 is 21.5 Å². The van der Waals surface area contributed by atoms with Crippen molar-refractivity contribution in [3.05, 3.63) is 59.7 Å². The minimum atomic E-state index is -3.67. The van der Waals surface area contributed by atoms with Gasteiger partial charge in [-0.15, -0.1) is 0 Å². The lowest BCUT2D eigenvalue weighted by molar-refractivity contribution is 0.585. The number of rotatable bonds is 3. The van der Waals surface area contributed by atoms with Crippen LogP contribution in [0.1, 0.15) is 11.4 Å². The highest BCUT2D eigenvalue weighted by Gasteiger charge is 2.23. The largest absolute Gasteiger partial charge is 0.294 e. The second kappa shape index (κ2) is 6.66. The molecule has 0 aliphatic heterocycles. The normalized spacial score (nSPS) is 11.9. The van der Waals surface area contributed by atoms with Gasteiger partial charge >= 0.3 is 0 Å². The van der Waals surface area contributed by atoms with Crippen molar-refractivity contribution in [3.63, 3.8) is 0 Å². The molecule has 0 fully saturated rings.